The van der Waals surface area contributed by atoms with Crippen molar-refractivity contribution in [3.63, 3.8) is 0 Å². The van der Waals surface area contributed by atoms with Gasteiger partial charge >= 0.3 is 0 Å². The highest BCUT2D eigenvalue weighted by atomic mass is 32.2. The number of anilines is 1. The normalized spacial score (nSPS) is 14.8. The van der Waals surface area contributed by atoms with Crippen LogP contribution >= 0.6 is 11.3 Å². The first-order valence-corrected chi connectivity index (χ1v) is 11.9. The third-order valence-electron chi connectivity index (χ3n) is 4.52. The SMILES string of the molecule is CC(C)C(NC(=O)c1cccs1)C(=O)Nc1cccc(S(=O)(=O)NC2=NCCC2)c1. The average Bonchev–Trinajstić information content (AvgIpc) is 3.39. The molecule has 0 radical (unpaired) electrons. The zero-order valence-electron chi connectivity index (χ0n) is 16.7. The van der Waals surface area contributed by atoms with Crippen LogP contribution in [0.15, 0.2) is 51.7 Å². The molecule has 1 aliphatic rings. The van der Waals surface area contributed by atoms with Crippen molar-refractivity contribution in [1.82, 2.24) is 10.0 Å². The third-order valence-corrected chi connectivity index (χ3v) is 6.77. The van der Waals surface area contributed by atoms with Crippen LogP contribution in [0.5, 0.6) is 0 Å². The molecule has 1 aromatic carbocycles. The van der Waals surface area contributed by atoms with E-state index >= 15 is 0 Å². The van der Waals surface area contributed by atoms with E-state index < -0.39 is 22.0 Å². The lowest BCUT2D eigenvalue weighted by atomic mass is 10.0. The number of carbonyl (C=O) groups is 2. The van der Waals surface area contributed by atoms with Gasteiger partial charge in [-0.05, 0) is 42.0 Å². The summed E-state index contributed by atoms with van der Waals surface area (Å²) in [6.07, 6.45) is 1.41. The molecule has 1 unspecified atom stereocenters. The van der Waals surface area contributed by atoms with Gasteiger partial charge in [-0.3, -0.25) is 19.3 Å². The van der Waals surface area contributed by atoms with Crippen molar-refractivity contribution in [3.8, 4) is 0 Å². The van der Waals surface area contributed by atoms with E-state index in [2.05, 4.69) is 20.3 Å². The van der Waals surface area contributed by atoms with Crippen molar-refractivity contribution >= 4 is 44.7 Å². The number of amidine groups is 1. The van der Waals surface area contributed by atoms with Crippen LogP contribution in [0.4, 0.5) is 5.69 Å². The Hall–Kier alpha value is -2.72. The number of hydrogen-bond acceptors (Lipinski definition) is 6. The van der Waals surface area contributed by atoms with E-state index in [0.29, 0.717) is 29.4 Å². The predicted octanol–water partition coefficient (Wildman–Crippen LogP) is 2.61. The summed E-state index contributed by atoms with van der Waals surface area (Å²) in [5.41, 5.74) is 0.326. The number of thiophene rings is 1. The molecule has 0 saturated carbocycles. The maximum absolute atomic E-state index is 12.8. The summed E-state index contributed by atoms with van der Waals surface area (Å²) in [6.45, 7) is 4.26. The van der Waals surface area contributed by atoms with Crippen LogP contribution in [-0.2, 0) is 14.8 Å². The smallest absolute Gasteiger partial charge is 0.262 e. The van der Waals surface area contributed by atoms with Crippen molar-refractivity contribution in [2.45, 2.75) is 37.6 Å². The van der Waals surface area contributed by atoms with Gasteiger partial charge in [0.2, 0.25) is 5.91 Å². The molecule has 0 aliphatic carbocycles. The Balaban J connectivity index is 1.72. The largest absolute Gasteiger partial charge is 0.339 e. The standard InChI is InChI=1S/C20H24N4O4S2/c1-13(2)18(23-19(25)16-8-5-11-29-16)20(26)22-14-6-3-7-15(12-14)30(27,28)24-17-9-4-10-21-17/h3,5-8,11-13,18H,4,9-10H2,1-2H3,(H,21,24)(H,22,26)(H,23,25). The lowest BCUT2D eigenvalue weighted by molar-refractivity contribution is -0.118. The van der Waals surface area contributed by atoms with Crippen molar-refractivity contribution in [2.75, 3.05) is 11.9 Å². The molecule has 1 aliphatic heterocycles. The van der Waals surface area contributed by atoms with E-state index in [-0.39, 0.29) is 16.7 Å². The number of nitrogens with zero attached hydrogens (tertiary/aromatic N) is 1. The molecule has 3 rings (SSSR count). The Morgan fingerprint density at radius 3 is 2.60 bits per heavy atom. The minimum atomic E-state index is -3.79. The summed E-state index contributed by atoms with van der Waals surface area (Å²) < 4.78 is 27.7. The molecule has 1 aromatic heterocycles. The molecule has 10 heteroatoms. The number of aliphatic imine (C=N–C) groups is 1. The Kier molecular flexibility index (Phi) is 6.88. The van der Waals surface area contributed by atoms with E-state index in [0.717, 1.165) is 6.42 Å². The highest BCUT2D eigenvalue weighted by Gasteiger charge is 2.26. The highest BCUT2D eigenvalue weighted by molar-refractivity contribution is 7.90. The van der Waals surface area contributed by atoms with Crippen LogP contribution in [0, 0.1) is 5.92 Å². The number of hydrogen-bond donors (Lipinski definition) is 3. The Morgan fingerprint density at radius 2 is 1.97 bits per heavy atom. The van der Waals surface area contributed by atoms with Gasteiger partial charge in [0.1, 0.15) is 11.9 Å². The fraction of sp³-hybridized carbons (Fsp3) is 0.350. The molecule has 0 spiro atoms. The second kappa shape index (κ2) is 9.40. The molecule has 2 heterocycles. The molecule has 30 heavy (non-hydrogen) atoms. The van der Waals surface area contributed by atoms with E-state index in [9.17, 15) is 18.0 Å². The van der Waals surface area contributed by atoms with Gasteiger partial charge in [-0.1, -0.05) is 26.0 Å². The maximum Gasteiger partial charge on any atom is 0.262 e. The maximum atomic E-state index is 12.8. The fourth-order valence-corrected chi connectivity index (χ4v) is 4.71. The summed E-state index contributed by atoms with van der Waals surface area (Å²) in [7, 11) is -3.79. The van der Waals surface area contributed by atoms with E-state index in [1.165, 1.54) is 23.5 Å². The van der Waals surface area contributed by atoms with Gasteiger partial charge in [0.25, 0.3) is 15.9 Å². The number of nitrogens with one attached hydrogen (secondary N) is 3. The molecule has 8 nitrogen and oxygen atoms in total. The molecular formula is C20H24N4O4S2. The van der Waals surface area contributed by atoms with Crippen molar-refractivity contribution in [1.29, 1.82) is 0 Å². The monoisotopic (exact) mass is 448 g/mol. The van der Waals surface area contributed by atoms with Crippen molar-refractivity contribution < 1.29 is 18.0 Å². The van der Waals surface area contributed by atoms with E-state index in [4.69, 9.17) is 0 Å². The first-order chi connectivity index (χ1) is 14.3. The van der Waals surface area contributed by atoms with Crippen LogP contribution < -0.4 is 15.4 Å². The number of sulfonamides is 1. The summed E-state index contributed by atoms with van der Waals surface area (Å²) >= 11 is 1.29. The molecule has 160 valence electrons. The zero-order valence-corrected chi connectivity index (χ0v) is 18.3. The fourth-order valence-electron chi connectivity index (χ4n) is 2.95. The van der Waals surface area contributed by atoms with Gasteiger partial charge in [0, 0.05) is 18.7 Å². The van der Waals surface area contributed by atoms with E-state index in [1.54, 1.807) is 29.6 Å². The first-order valence-electron chi connectivity index (χ1n) is 9.58. The first kappa shape index (κ1) is 22.0. The Morgan fingerprint density at radius 1 is 1.17 bits per heavy atom. The van der Waals surface area contributed by atoms with Gasteiger partial charge in [-0.2, -0.15) is 0 Å². The van der Waals surface area contributed by atoms with E-state index in [1.807, 2.05) is 13.8 Å². The third kappa shape index (κ3) is 5.45. The molecular weight excluding hydrogens is 424 g/mol. The summed E-state index contributed by atoms with van der Waals surface area (Å²) in [6, 6.07) is 8.66. The highest BCUT2D eigenvalue weighted by Crippen LogP contribution is 2.18. The average molecular weight is 449 g/mol. The van der Waals surface area contributed by atoms with Gasteiger partial charge < -0.3 is 10.6 Å². The van der Waals surface area contributed by atoms with Crippen molar-refractivity contribution in [2.24, 2.45) is 10.9 Å². The molecule has 0 fully saturated rings. The molecule has 0 saturated heterocycles. The number of benzene rings is 1. The van der Waals surface area contributed by atoms with Gasteiger partial charge in [0.15, 0.2) is 0 Å². The molecule has 2 amide bonds. The van der Waals surface area contributed by atoms with Gasteiger partial charge in [-0.25, -0.2) is 8.42 Å². The number of carbonyl (C=O) groups excluding carboxylic acids is 2. The Bertz CT molecular complexity index is 1050. The Labute approximate surface area is 179 Å². The summed E-state index contributed by atoms with van der Waals surface area (Å²) in [5, 5.41) is 7.24. The van der Waals surface area contributed by atoms with Crippen LogP contribution in [0.25, 0.3) is 0 Å². The second-order valence-corrected chi connectivity index (χ2v) is 9.86. The zero-order chi connectivity index (χ0) is 21.7. The molecule has 2 aromatic rings. The van der Waals surface area contributed by atoms with Crippen LogP contribution in [0.3, 0.4) is 0 Å². The summed E-state index contributed by atoms with van der Waals surface area (Å²) in [5.74, 6) is -0.460. The summed E-state index contributed by atoms with van der Waals surface area (Å²) in [4.78, 5) is 29.8. The number of amides is 2. The molecule has 0 bridgehead atoms. The topological polar surface area (TPSA) is 117 Å². The van der Waals surface area contributed by atoms with Gasteiger partial charge in [0.05, 0.1) is 9.77 Å². The minimum absolute atomic E-state index is 0.0265. The van der Waals surface area contributed by atoms with Crippen molar-refractivity contribution in [3.05, 3.63) is 46.7 Å². The second-order valence-electron chi connectivity index (χ2n) is 7.23. The minimum Gasteiger partial charge on any atom is -0.339 e. The quantitative estimate of drug-likeness (QED) is 0.604. The van der Waals surface area contributed by atoms with Crippen LogP contribution in [0.2, 0.25) is 0 Å². The lowest BCUT2D eigenvalue weighted by Gasteiger charge is -2.21. The predicted molar refractivity (Wildman–Crippen MR) is 117 cm³/mol. The van der Waals surface area contributed by atoms with Crippen LogP contribution in [-0.4, -0.2) is 38.7 Å². The lowest BCUT2D eigenvalue weighted by Crippen LogP contribution is -2.47. The van der Waals surface area contributed by atoms with Gasteiger partial charge in [-0.15, -0.1) is 11.3 Å². The molecule has 1 atom stereocenters. The molecule has 3 N–H and O–H groups in total. The number of rotatable bonds is 7. The van der Waals surface area contributed by atoms with Crippen LogP contribution in [0.1, 0.15) is 36.4 Å².